The van der Waals surface area contributed by atoms with E-state index in [-0.39, 0.29) is 0 Å². The Bertz CT molecular complexity index is 382. The van der Waals surface area contributed by atoms with E-state index in [0.717, 1.165) is 16.3 Å². The van der Waals surface area contributed by atoms with Crippen molar-refractivity contribution in [3.8, 4) is 16.5 Å². The average Bonchev–Trinajstić information content (AvgIpc) is 2.86. The molecule has 0 aliphatic rings. The second-order valence-corrected chi connectivity index (χ2v) is 3.61. The molecule has 2 aromatic heterocycles. The number of nitrogens with two attached hydrogens (primary N) is 1. The topological polar surface area (TPSA) is 61.3 Å². The maximum atomic E-state index is 5.43. The van der Waals surface area contributed by atoms with Gasteiger partial charge in [0, 0.05) is 18.0 Å². The molecule has 2 rings (SSSR count). The molecule has 2 N–H and O–H groups in total. The first-order valence-electron chi connectivity index (χ1n) is 4.11. The van der Waals surface area contributed by atoms with Crippen molar-refractivity contribution < 1.29 is 9.15 Å². The van der Waals surface area contributed by atoms with Gasteiger partial charge in [-0.05, 0) is 0 Å². The van der Waals surface area contributed by atoms with Crippen molar-refractivity contribution in [2.24, 2.45) is 5.73 Å². The lowest BCUT2D eigenvalue weighted by Gasteiger charge is -1.89. The summed E-state index contributed by atoms with van der Waals surface area (Å²) in [7, 11) is 1.63. The molecule has 2 heterocycles. The van der Waals surface area contributed by atoms with Gasteiger partial charge in [-0.15, -0.1) is 11.3 Å². The van der Waals surface area contributed by atoms with Gasteiger partial charge >= 0.3 is 0 Å². The lowest BCUT2D eigenvalue weighted by atomic mass is 10.4. The molecule has 0 radical (unpaired) electrons. The van der Waals surface area contributed by atoms with Gasteiger partial charge in [0.25, 0.3) is 0 Å². The standard InChI is InChI=1S/C9H10N2O2S/c1-12-7-2-8(14-5-7)9-11-6(3-10)4-13-9/h2,4-5H,3,10H2,1H3. The number of thiophene rings is 1. The molecule has 0 aliphatic heterocycles. The van der Waals surface area contributed by atoms with Crippen LogP contribution in [-0.2, 0) is 6.54 Å². The van der Waals surface area contributed by atoms with Gasteiger partial charge in [0.15, 0.2) is 0 Å². The molecule has 2 aromatic rings. The molecule has 0 unspecified atom stereocenters. The molecule has 0 fully saturated rings. The van der Waals surface area contributed by atoms with E-state index >= 15 is 0 Å². The molecule has 0 amide bonds. The molecule has 5 heteroatoms. The molecule has 14 heavy (non-hydrogen) atoms. The van der Waals surface area contributed by atoms with Gasteiger partial charge in [0.2, 0.25) is 5.89 Å². The number of ether oxygens (including phenoxy) is 1. The Kier molecular flexibility index (Phi) is 2.51. The molecule has 0 bridgehead atoms. The molecule has 0 aliphatic carbocycles. The van der Waals surface area contributed by atoms with Crippen LogP contribution in [0.4, 0.5) is 0 Å². The third-order valence-electron chi connectivity index (χ3n) is 1.78. The van der Waals surface area contributed by atoms with Crippen LogP contribution in [0, 0.1) is 0 Å². The van der Waals surface area contributed by atoms with Gasteiger partial charge in [0.05, 0.1) is 17.7 Å². The van der Waals surface area contributed by atoms with Gasteiger partial charge in [-0.2, -0.15) is 0 Å². The largest absolute Gasteiger partial charge is 0.496 e. The van der Waals surface area contributed by atoms with E-state index in [0.29, 0.717) is 12.4 Å². The monoisotopic (exact) mass is 210 g/mol. The number of hydrogen-bond acceptors (Lipinski definition) is 5. The highest BCUT2D eigenvalue weighted by molar-refractivity contribution is 7.13. The van der Waals surface area contributed by atoms with Gasteiger partial charge in [-0.3, -0.25) is 0 Å². The minimum absolute atomic E-state index is 0.395. The van der Waals surface area contributed by atoms with E-state index in [1.165, 1.54) is 11.3 Å². The quantitative estimate of drug-likeness (QED) is 0.840. The summed E-state index contributed by atoms with van der Waals surface area (Å²) < 4.78 is 10.3. The van der Waals surface area contributed by atoms with Gasteiger partial charge in [0.1, 0.15) is 12.0 Å². The van der Waals surface area contributed by atoms with Gasteiger partial charge in [-0.1, -0.05) is 0 Å². The van der Waals surface area contributed by atoms with Crippen molar-refractivity contribution in [2.75, 3.05) is 7.11 Å². The van der Waals surface area contributed by atoms with Crippen LogP contribution >= 0.6 is 11.3 Å². The van der Waals surface area contributed by atoms with Crippen LogP contribution in [0.3, 0.4) is 0 Å². The summed E-state index contributed by atoms with van der Waals surface area (Å²) >= 11 is 1.53. The first kappa shape index (κ1) is 9.23. The highest BCUT2D eigenvalue weighted by Crippen LogP contribution is 2.30. The Hall–Kier alpha value is -1.33. The Morgan fingerprint density at radius 1 is 1.64 bits per heavy atom. The number of nitrogens with zero attached hydrogens (tertiary/aromatic N) is 1. The summed E-state index contributed by atoms with van der Waals surface area (Å²) in [5, 5.41) is 1.90. The maximum absolute atomic E-state index is 5.43. The summed E-state index contributed by atoms with van der Waals surface area (Å²) in [5.41, 5.74) is 6.19. The third kappa shape index (κ3) is 1.64. The van der Waals surface area contributed by atoms with E-state index < -0.39 is 0 Å². The number of methoxy groups -OCH3 is 1. The van der Waals surface area contributed by atoms with Gasteiger partial charge in [-0.25, -0.2) is 4.98 Å². The van der Waals surface area contributed by atoms with Crippen LogP contribution < -0.4 is 10.5 Å². The molecule has 0 spiro atoms. The number of aromatic nitrogens is 1. The molecule has 0 saturated heterocycles. The summed E-state index contributed by atoms with van der Waals surface area (Å²) in [6.45, 7) is 0.395. The van der Waals surface area contributed by atoms with E-state index in [1.807, 2.05) is 11.4 Å². The fourth-order valence-electron chi connectivity index (χ4n) is 1.05. The highest BCUT2D eigenvalue weighted by Gasteiger charge is 2.08. The van der Waals surface area contributed by atoms with Crippen LogP contribution in [0.25, 0.3) is 10.8 Å². The van der Waals surface area contributed by atoms with Crippen molar-refractivity contribution in [2.45, 2.75) is 6.54 Å². The second-order valence-electron chi connectivity index (χ2n) is 2.70. The number of rotatable bonds is 3. The lowest BCUT2D eigenvalue weighted by Crippen LogP contribution is -1.95. The number of hydrogen-bond donors (Lipinski definition) is 1. The molecule has 0 saturated carbocycles. The predicted octanol–water partition coefficient (Wildman–Crippen LogP) is 1.87. The van der Waals surface area contributed by atoms with Crippen LogP contribution in [0.2, 0.25) is 0 Å². The van der Waals surface area contributed by atoms with Crippen LogP contribution in [0.1, 0.15) is 5.69 Å². The Morgan fingerprint density at radius 2 is 2.50 bits per heavy atom. The van der Waals surface area contributed by atoms with E-state index in [1.54, 1.807) is 13.4 Å². The predicted molar refractivity (Wildman–Crippen MR) is 54.3 cm³/mol. The Morgan fingerprint density at radius 3 is 3.07 bits per heavy atom. The molecular formula is C9H10N2O2S. The normalized spacial score (nSPS) is 10.4. The van der Waals surface area contributed by atoms with Gasteiger partial charge < -0.3 is 14.9 Å². The van der Waals surface area contributed by atoms with E-state index in [9.17, 15) is 0 Å². The Balaban J connectivity index is 2.29. The van der Waals surface area contributed by atoms with E-state index in [2.05, 4.69) is 4.98 Å². The zero-order valence-electron chi connectivity index (χ0n) is 7.69. The van der Waals surface area contributed by atoms with Crippen molar-refractivity contribution in [1.29, 1.82) is 0 Å². The maximum Gasteiger partial charge on any atom is 0.236 e. The lowest BCUT2D eigenvalue weighted by molar-refractivity contribution is 0.416. The zero-order valence-corrected chi connectivity index (χ0v) is 8.50. The van der Waals surface area contributed by atoms with Crippen LogP contribution in [0.5, 0.6) is 5.75 Å². The fourth-order valence-corrected chi connectivity index (χ4v) is 1.84. The molecule has 74 valence electrons. The molecule has 4 nitrogen and oxygen atoms in total. The van der Waals surface area contributed by atoms with Crippen molar-refractivity contribution in [3.05, 3.63) is 23.4 Å². The van der Waals surface area contributed by atoms with E-state index in [4.69, 9.17) is 14.9 Å². The van der Waals surface area contributed by atoms with Crippen LogP contribution in [-0.4, -0.2) is 12.1 Å². The molecular weight excluding hydrogens is 200 g/mol. The summed E-state index contributed by atoms with van der Waals surface area (Å²) in [6.07, 6.45) is 1.57. The first-order valence-corrected chi connectivity index (χ1v) is 4.99. The average molecular weight is 210 g/mol. The highest BCUT2D eigenvalue weighted by atomic mass is 32.1. The minimum atomic E-state index is 0.395. The second kappa shape index (κ2) is 3.81. The van der Waals surface area contributed by atoms with Crippen molar-refractivity contribution in [3.63, 3.8) is 0 Å². The van der Waals surface area contributed by atoms with Crippen molar-refractivity contribution >= 4 is 11.3 Å². The molecule has 0 aromatic carbocycles. The molecule has 0 atom stereocenters. The summed E-state index contributed by atoms with van der Waals surface area (Å²) in [6, 6.07) is 1.89. The fraction of sp³-hybridized carbons (Fsp3) is 0.222. The Labute approximate surface area is 85.3 Å². The SMILES string of the molecule is COc1csc(-c2nc(CN)co2)c1. The smallest absolute Gasteiger partial charge is 0.236 e. The van der Waals surface area contributed by atoms with Crippen LogP contribution in [0.15, 0.2) is 22.1 Å². The summed E-state index contributed by atoms with van der Waals surface area (Å²) in [4.78, 5) is 5.16. The first-order chi connectivity index (χ1) is 6.83. The minimum Gasteiger partial charge on any atom is -0.496 e. The zero-order chi connectivity index (χ0) is 9.97. The summed E-state index contributed by atoms with van der Waals surface area (Å²) in [5.74, 6) is 1.41. The third-order valence-corrected chi connectivity index (χ3v) is 2.68. The van der Waals surface area contributed by atoms with Crippen molar-refractivity contribution in [1.82, 2.24) is 4.98 Å². The number of oxazole rings is 1.